The third kappa shape index (κ3) is 7.25. The van der Waals surface area contributed by atoms with E-state index >= 15 is 0 Å². The fraction of sp³-hybridized carbons (Fsp3) is 0.800. The topological polar surface area (TPSA) is 66.4 Å². The molecule has 0 bridgehead atoms. The fourth-order valence-electron chi connectivity index (χ4n) is 1.26. The molecule has 88 valence electrons. The second kappa shape index (κ2) is 7.56. The lowest BCUT2D eigenvalue weighted by Gasteiger charge is -2.15. The Kier molecular flexibility index (Phi) is 7.21. The first-order valence-corrected chi connectivity index (χ1v) is 6.35. The molecule has 1 amide bonds. The van der Waals surface area contributed by atoms with E-state index in [4.69, 9.17) is 5.11 Å². The highest BCUT2D eigenvalue weighted by atomic mass is 32.2. The standard InChI is InChI=1S/C10H19NO3S/c1-7(2)4-8(10(13)14)5-11-9(12)6-15-3/h7-8H,4-6H2,1-3H3,(H,11,12)(H,13,14). The first-order chi connectivity index (χ1) is 6.97. The van der Waals surface area contributed by atoms with Crippen LogP contribution in [-0.4, -0.2) is 35.5 Å². The van der Waals surface area contributed by atoms with Crippen molar-refractivity contribution in [2.45, 2.75) is 20.3 Å². The van der Waals surface area contributed by atoms with Crippen LogP contribution in [0.4, 0.5) is 0 Å². The molecule has 0 spiro atoms. The van der Waals surface area contributed by atoms with Gasteiger partial charge in [0.2, 0.25) is 5.91 Å². The number of aliphatic carboxylic acids is 1. The Morgan fingerprint density at radius 1 is 1.40 bits per heavy atom. The molecule has 1 unspecified atom stereocenters. The van der Waals surface area contributed by atoms with Gasteiger partial charge in [0, 0.05) is 6.54 Å². The molecule has 0 aromatic carbocycles. The molecule has 0 aromatic heterocycles. The van der Waals surface area contributed by atoms with E-state index in [9.17, 15) is 9.59 Å². The first-order valence-electron chi connectivity index (χ1n) is 4.95. The van der Waals surface area contributed by atoms with E-state index in [-0.39, 0.29) is 12.5 Å². The van der Waals surface area contributed by atoms with Crippen LogP contribution in [0.25, 0.3) is 0 Å². The molecule has 0 fully saturated rings. The third-order valence-corrected chi connectivity index (χ3v) is 2.48. The Labute approximate surface area is 94.8 Å². The Balaban J connectivity index is 3.96. The van der Waals surface area contributed by atoms with Gasteiger partial charge in [-0.15, -0.1) is 0 Å². The van der Waals surface area contributed by atoms with E-state index in [1.54, 1.807) is 0 Å². The van der Waals surface area contributed by atoms with Gasteiger partial charge in [-0.2, -0.15) is 11.8 Å². The number of amides is 1. The van der Waals surface area contributed by atoms with Crippen molar-refractivity contribution in [3.63, 3.8) is 0 Å². The minimum Gasteiger partial charge on any atom is -0.481 e. The first kappa shape index (κ1) is 14.3. The quantitative estimate of drug-likeness (QED) is 0.693. The number of hydrogen-bond donors (Lipinski definition) is 2. The van der Waals surface area contributed by atoms with E-state index in [2.05, 4.69) is 5.32 Å². The molecule has 0 saturated heterocycles. The van der Waals surface area contributed by atoms with Crippen molar-refractivity contribution in [3.05, 3.63) is 0 Å². The largest absolute Gasteiger partial charge is 0.481 e. The molecule has 5 heteroatoms. The van der Waals surface area contributed by atoms with Crippen LogP contribution in [0.1, 0.15) is 20.3 Å². The Hall–Kier alpha value is -0.710. The number of carbonyl (C=O) groups excluding carboxylic acids is 1. The van der Waals surface area contributed by atoms with Gasteiger partial charge in [-0.3, -0.25) is 9.59 Å². The molecule has 0 rings (SSSR count). The van der Waals surface area contributed by atoms with E-state index in [1.807, 2.05) is 20.1 Å². The zero-order valence-electron chi connectivity index (χ0n) is 9.45. The van der Waals surface area contributed by atoms with E-state index in [0.717, 1.165) is 0 Å². The average molecular weight is 233 g/mol. The molecule has 4 nitrogen and oxygen atoms in total. The van der Waals surface area contributed by atoms with E-state index < -0.39 is 11.9 Å². The van der Waals surface area contributed by atoms with Crippen LogP contribution in [0.3, 0.4) is 0 Å². The molecule has 1 atom stereocenters. The van der Waals surface area contributed by atoms with E-state index in [0.29, 0.717) is 18.1 Å². The van der Waals surface area contributed by atoms with Crippen LogP contribution in [0.15, 0.2) is 0 Å². The number of nitrogens with one attached hydrogen (secondary N) is 1. The monoisotopic (exact) mass is 233 g/mol. The van der Waals surface area contributed by atoms with Gasteiger partial charge >= 0.3 is 5.97 Å². The molecule has 0 aliphatic carbocycles. The van der Waals surface area contributed by atoms with Gasteiger partial charge < -0.3 is 10.4 Å². The maximum atomic E-state index is 11.1. The van der Waals surface area contributed by atoms with Crippen molar-refractivity contribution in [2.75, 3.05) is 18.6 Å². The van der Waals surface area contributed by atoms with Gasteiger partial charge in [0.1, 0.15) is 0 Å². The Bertz CT molecular complexity index is 219. The highest BCUT2D eigenvalue weighted by Crippen LogP contribution is 2.11. The van der Waals surface area contributed by atoms with Crippen molar-refractivity contribution >= 4 is 23.6 Å². The average Bonchev–Trinajstić information content (AvgIpc) is 2.11. The third-order valence-electron chi connectivity index (χ3n) is 1.93. The summed E-state index contributed by atoms with van der Waals surface area (Å²) in [4.78, 5) is 22.0. The highest BCUT2D eigenvalue weighted by Gasteiger charge is 2.19. The summed E-state index contributed by atoms with van der Waals surface area (Å²) in [6.45, 7) is 4.17. The highest BCUT2D eigenvalue weighted by molar-refractivity contribution is 7.99. The van der Waals surface area contributed by atoms with Gasteiger partial charge in [0.15, 0.2) is 0 Å². The molecule has 0 heterocycles. The van der Waals surface area contributed by atoms with Crippen molar-refractivity contribution in [1.82, 2.24) is 5.32 Å². The zero-order valence-corrected chi connectivity index (χ0v) is 10.3. The maximum absolute atomic E-state index is 11.1. The number of thioether (sulfide) groups is 1. The van der Waals surface area contributed by atoms with Gasteiger partial charge in [-0.25, -0.2) is 0 Å². The molecule has 0 saturated carbocycles. The second-order valence-electron chi connectivity index (χ2n) is 3.90. The summed E-state index contributed by atoms with van der Waals surface area (Å²) >= 11 is 1.42. The van der Waals surface area contributed by atoms with Crippen LogP contribution in [0, 0.1) is 11.8 Å². The number of rotatable bonds is 7. The Morgan fingerprint density at radius 2 is 2.00 bits per heavy atom. The molecular formula is C10H19NO3S. The van der Waals surface area contributed by atoms with Gasteiger partial charge in [-0.1, -0.05) is 13.8 Å². The number of hydrogen-bond acceptors (Lipinski definition) is 3. The minimum atomic E-state index is -0.840. The van der Waals surface area contributed by atoms with Crippen LogP contribution < -0.4 is 5.32 Å². The normalized spacial score (nSPS) is 12.5. The smallest absolute Gasteiger partial charge is 0.308 e. The number of carbonyl (C=O) groups is 2. The summed E-state index contributed by atoms with van der Waals surface area (Å²) in [6, 6.07) is 0. The lowest BCUT2D eigenvalue weighted by atomic mass is 9.97. The van der Waals surface area contributed by atoms with Crippen molar-refractivity contribution in [1.29, 1.82) is 0 Å². The van der Waals surface area contributed by atoms with Crippen LogP contribution in [0.5, 0.6) is 0 Å². The van der Waals surface area contributed by atoms with Gasteiger partial charge in [-0.05, 0) is 18.6 Å². The summed E-state index contributed by atoms with van der Waals surface area (Å²) in [5, 5.41) is 11.5. The molecular weight excluding hydrogens is 214 g/mol. The lowest BCUT2D eigenvalue weighted by Crippen LogP contribution is -2.34. The Morgan fingerprint density at radius 3 is 2.40 bits per heavy atom. The summed E-state index contributed by atoms with van der Waals surface area (Å²) in [5.41, 5.74) is 0. The predicted octanol–water partition coefficient (Wildman–Crippen LogP) is 1.21. The fourth-order valence-corrected chi connectivity index (χ4v) is 1.62. The molecule has 2 N–H and O–H groups in total. The summed E-state index contributed by atoms with van der Waals surface area (Å²) < 4.78 is 0. The van der Waals surface area contributed by atoms with Gasteiger partial charge in [0.05, 0.1) is 11.7 Å². The lowest BCUT2D eigenvalue weighted by molar-refractivity contribution is -0.142. The molecule has 0 aliphatic rings. The molecule has 0 radical (unpaired) electrons. The van der Waals surface area contributed by atoms with Crippen molar-refractivity contribution in [3.8, 4) is 0 Å². The number of carboxylic acids is 1. The summed E-state index contributed by atoms with van der Waals surface area (Å²) in [7, 11) is 0. The minimum absolute atomic E-state index is 0.0995. The van der Waals surface area contributed by atoms with Crippen LogP contribution in [0.2, 0.25) is 0 Å². The zero-order chi connectivity index (χ0) is 11.8. The second-order valence-corrected chi connectivity index (χ2v) is 4.77. The van der Waals surface area contributed by atoms with Gasteiger partial charge in [0.25, 0.3) is 0 Å². The summed E-state index contributed by atoms with van der Waals surface area (Å²) in [5.74, 6) is -0.710. The summed E-state index contributed by atoms with van der Waals surface area (Å²) in [6.07, 6.45) is 2.43. The van der Waals surface area contributed by atoms with Crippen LogP contribution in [-0.2, 0) is 9.59 Å². The van der Waals surface area contributed by atoms with E-state index in [1.165, 1.54) is 11.8 Å². The maximum Gasteiger partial charge on any atom is 0.308 e. The van der Waals surface area contributed by atoms with Crippen LogP contribution >= 0.6 is 11.8 Å². The SMILES string of the molecule is CSCC(=O)NCC(CC(C)C)C(=O)O. The molecule has 15 heavy (non-hydrogen) atoms. The van der Waals surface area contributed by atoms with Crippen molar-refractivity contribution in [2.24, 2.45) is 11.8 Å². The van der Waals surface area contributed by atoms with Crippen molar-refractivity contribution < 1.29 is 14.7 Å². The number of carboxylic acid groups (broad SMARTS) is 1. The molecule has 0 aliphatic heterocycles. The predicted molar refractivity (Wildman–Crippen MR) is 62.0 cm³/mol. The molecule has 0 aromatic rings.